The summed E-state index contributed by atoms with van der Waals surface area (Å²) in [6.45, 7) is 2.87. The molecule has 0 heterocycles. The summed E-state index contributed by atoms with van der Waals surface area (Å²) < 4.78 is 12.7. The minimum absolute atomic E-state index is 0.0689. The highest BCUT2D eigenvalue weighted by Crippen LogP contribution is 2.09. The van der Waals surface area contributed by atoms with Crippen molar-refractivity contribution in [1.82, 2.24) is 4.90 Å². The molecule has 0 atom stereocenters. The van der Waals surface area contributed by atoms with Crippen molar-refractivity contribution in [3.63, 3.8) is 0 Å². The molecule has 0 aliphatic heterocycles. The van der Waals surface area contributed by atoms with Crippen LogP contribution in [-0.4, -0.2) is 35.7 Å². The van der Waals surface area contributed by atoms with E-state index in [0.717, 1.165) is 12.8 Å². The minimum atomic E-state index is -0.341. The number of hydrogen-bond donors (Lipinski definition) is 2. The molecule has 0 aliphatic rings. The molecule has 2 amide bonds. The third kappa shape index (κ3) is 4.71. The highest BCUT2D eigenvalue weighted by Gasteiger charge is 2.12. The number of unbranched alkanes of at least 4 members (excludes halogenated alkanes) is 1. The number of benzene rings is 1. The number of hydrogen-bond acceptors (Lipinski definition) is 2. The lowest BCUT2D eigenvalue weighted by Crippen LogP contribution is -2.37. The molecule has 0 spiro atoms. The van der Waals surface area contributed by atoms with Crippen LogP contribution in [0.5, 0.6) is 0 Å². The normalized spacial score (nSPS) is 10.2. The monoisotopic (exact) mass is 254 g/mol. The fourth-order valence-electron chi connectivity index (χ4n) is 1.52. The molecule has 0 unspecified atom stereocenters. The number of halogens is 1. The van der Waals surface area contributed by atoms with Gasteiger partial charge in [0.2, 0.25) is 0 Å². The average molecular weight is 254 g/mol. The van der Waals surface area contributed by atoms with Crippen LogP contribution in [0.1, 0.15) is 19.8 Å². The van der Waals surface area contributed by atoms with Gasteiger partial charge in [0.05, 0.1) is 6.61 Å². The molecule has 5 heteroatoms. The van der Waals surface area contributed by atoms with E-state index in [2.05, 4.69) is 5.32 Å². The second-order valence-corrected chi connectivity index (χ2v) is 4.00. The second-order valence-electron chi connectivity index (χ2n) is 4.00. The molecule has 1 rings (SSSR count). The van der Waals surface area contributed by atoms with Crippen molar-refractivity contribution in [3.05, 3.63) is 30.1 Å². The molecule has 0 saturated heterocycles. The fourth-order valence-corrected chi connectivity index (χ4v) is 1.52. The van der Waals surface area contributed by atoms with E-state index in [1.54, 1.807) is 4.90 Å². The van der Waals surface area contributed by atoms with E-state index < -0.39 is 0 Å². The molecule has 0 aromatic heterocycles. The maximum Gasteiger partial charge on any atom is 0.321 e. The first-order valence-corrected chi connectivity index (χ1v) is 6.09. The SMILES string of the molecule is CCCCN(CCO)C(=O)Nc1ccc(F)cc1. The molecule has 2 N–H and O–H groups in total. The number of aliphatic hydroxyl groups is 1. The Hall–Kier alpha value is -1.62. The number of carbonyl (C=O) groups excluding carboxylic acids is 1. The molecule has 0 fully saturated rings. The maximum absolute atomic E-state index is 12.7. The zero-order valence-corrected chi connectivity index (χ0v) is 10.5. The van der Waals surface area contributed by atoms with E-state index in [-0.39, 0.29) is 18.5 Å². The van der Waals surface area contributed by atoms with Crippen molar-refractivity contribution in [2.45, 2.75) is 19.8 Å². The summed E-state index contributed by atoms with van der Waals surface area (Å²) in [7, 11) is 0. The van der Waals surface area contributed by atoms with E-state index in [0.29, 0.717) is 18.8 Å². The molecule has 0 bridgehead atoms. The minimum Gasteiger partial charge on any atom is -0.395 e. The Morgan fingerprint density at radius 2 is 2.00 bits per heavy atom. The van der Waals surface area contributed by atoms with Gasteiger partial charge in [-0.2, -0.15) is 0 Å². The molecule has 4 nitrogen and oxygen atoms in total. The summed E-state index contributed by atoms with van der Waals surface area (Å²) >= 11 is 0. The van der Waals surface area contributed by atoms with Gasteiger partial charge in [-0.05, 0) is 30.7 Å². The molecule has 1 aromatic carbocycles. The Kier molecular flexibility index (Phi) is 6.14. The van der Waals surface area contributed by atoms with Gasteiger partial charge in [0.25, 0.3) is 0 Å². The van der Waals surface area contributed by atoms with E-state index in [4.69, 9.17) is 5.11 Å². The topological polar surface area (TPSA) is 52.6 Å². The van der Waals surface area contributed by atoms with Gasteiger partial charge in [0.1, 0.15) is 5.82 Å². The summed E-state index contributed by atoms with van der Waals surface area (Å²) in [5.74, 6) is -0.341. The standard InChI is InChI=1S/C13H19FN2O2/c1-2-3-8-16(9-10-17)13(18)15-12-6-4-11(14)5-7-12/h4-7,17H,2-3,8-10H2,1H3,(H,15,18). The Bertz CT molecular complexity index is 368. The van der Waals surface area contributed by atoms with Crippen molar-refractivity contribution >= 4 is 11.7 Å². The van der Waals surface area contributed by atoms with Crippen LogP contribution in [0, 0.1) is 5.82 Å². The molecule has 0 aliphatic carbocycles. The van der Waals surface area contributed by atoms with E-state index in [9.17, 15) is 9.18 Å². The Morgan fingerprint density at radius 1 is 1.33 bits per heavy atom. The number of urea groups is 1. The second kappa shape index (κ2) is 7.66. The van der Waals surface area contributed by atoms with Gasteiger partial charge in [0, 0.05) is 18.8 Å². The molecular formula is C13H19FN2O2. The van der Waals surface area contributed by atoms with E-state index in [1.807, 2.05) is 6.92 Å². The molecule has 0 radical (unpaired) electrons. The number of nitrogens with zero attached hydrogens (tertiary/aromatic N) is 1. The number of rotatable bonds is 6. The van der Waals surface area contributed by atoms with Crippen molar-refractivity contribution in [2.75, 3.05) is 25.0 Å². The highest BCUT2D eigenvalue weighted by atomic mass is 19.1. The third-order valence-corrected chi connectivity index (χ3v) is 2.53. The average Bonchev–Trinajstić information content (AvgIpc) is 2.37. The molecule has 1 aromatic rings. The predicted molar refractivity (Wildman–Crippen MR) is 69.0 cm³/mol. The number of aliphatic hydroxyl groups excluding tert-OH is 1. The Labute approximate surface area is 106 Å². The van der Waals surface area contributed by atoms with Crippen LogP contribution in [0.25, 0.3) is 0 Å². The van der Waals surface area contributed by atoms with Gasteiger partial charge < -0.3 is 15.3 Å². The quantitative estimate of drug-likeness (QED) is 0.819. The largest absolute Gasteiger partial charge is 0.395 e. The number of amides is 2. The van der Waals surface area contributed by atoms with Gasteiger partial charge >= 0.3 is 6.03 Å². The lowest BCUT2D eigenvalue weighted by molar-refractivity contribution is 0.187. The van der Waals surface area contributed by atoms with Crippen molar-refractivity contribution in [1.29, 1.82) is 0 Å². The fraction of sp³-hybridized carbons (Fsp3) is 0.462. The lowest BCUT2D eigenvalue weighted by Gasteiger charge is -2.21. The maximum atomic E-state index is 12.7. The third-order valence-electron chi connectivity index (χ3n) is 2.53. The molecule has 18 heavy (non-hydrogen) atoms. The Balaban J connectivity index is 2.57. The van der Waals surface area contributed by atoms with Gasteiger partial charge in [-0.3, -0.25) is 0 Å². The van der Waals surface area contributed by atoms with Crippen LogP contribution in [0.3, 0.4) is 0 Å². The van der Waals surface area contributed by atoms with Crippen LogP contribution in [0.2, 0.25) is 0 Å². The Morgan fingerprint density at radius 3 is 2.56 bits per heavy atom. The van der Waals surface area contributed by atoms with Crippen LogP contribution in [0.15, 0.2) is 24.3 Å². The summed E-state index contributed by atoms with van der Waals surface area (Å²) in [6.07, 6.45) is 1.86. The highest BCUT2D eigenvalue weighted by molar-refractivity contribution is 5.89. The summed E-state index contributed by atoms with van der Waals surface area (Å²) in [6, 6.07) is 5.31. The van der Waals surface area contributed by atoms with Crippen LogP contribution in [0.4, 0.5) is 14.9 Å². The van der Waals surface area contributed by atoms with Crippen LogP contribution >= 0.6 is 0 Å². The van der Waals surface area contributed by atoms with Crippen molar-refractivity contribution < 1.29 is 14.3 Å². The van der Waals surface area contributed by atoms with Crippen LogP contribution < -0.4 is 5.32 Å². The number of nitrogens with one attached hydrogen (secondary N) is 1. The number of anilines is 1. The first-order chi connectivity index (χ1) is 8.67. The van der Waals surface area contributed by atoms with Gasteiger partial charge in [-0.25, -0.2) is 9.18 Å². The molecule has 0 saturated carbocycles. The molecular weight excluding hydrogens is 235 g/mol. The van der Waals surface area contributed by atoms with E-state index >= 15 is 0 Å². The first-order valence-electron chi connectivity index (χ1n) is 6.09. The lowest BCUT2D eigenvalue weighted by atomic mass is 10.3. The van der Waals surface area contributed by atoms with E-state index in [1.165, 1.54) is 24.3 Å². The predicted octanol–water partition coefficient (Wildman–Crippen LogP) is 2.45. The smallest absolute Gasteiger partial charge is 0.321 e. The van der Waals surface area contributed by atoms with Gasteiger partial charge in [0.15, 0.2) is 0 Å². The number of carbonyl (C=O) groups is 1. The van der Waals surface area contributed by atoms with Gasteiger partial charge in [-0.1, -0.05) is 13.3 Å². The summed E-state index contributed by atoms with van der Waals surface area (Å²) in [5, 5.41) is 11.6. The zero-order valence-electron chi connectivity index (χ0n) is 10.5. The first kappa shape index (κ1) is 14.4. The zero-order chi connectivity index (χ0) is 13.4. The van der Waals surface area contributed by atoms with Gasteiger partial charge in [-0.15, -0.1) is 0 Å². The van der Waals surface area contributed by atoms with Crippen molar-refractivity contribution in [2.24, 2.45) is 0 Å². The summed E-state index contributed by atoms with van der Waals surface area (Å²) in [4.78, 5) is 13.5. The van der Waals surface area contributed by atoms with Crippen LogP contribution in [-0.2, 0) is 0 Å². The molecule has 100 valence electrons. The summed E-state index contributed by atoms with van der Waals surface area (Å²) in [5.41, 5.74) is 0.542. The van der Waals surface area contributed by atoms with Crippen molar-refractivity contribution in [3.8, 4) is 0 Å².